The molecule has 0 atom stereocenters. The Morgan fingerprint density at radius 3 is 3.06 bits per heavy atom. The van der Waals surface area contributed by atoms with Crippen LogP contribution in [0.1, 0.15) is 11.1 Å². The van der Waals surface area contributed by atoms with Crippen molar-refractivity contribution in [2.45, 2.75) is 13.0 Å². The van der Waals surface area contributed by atoms with Crippen LogP contribution in [0.5, 0.6) is 0 Å². The molecule has 0 amide bonds. The number of benzene rings is 1. The summed E-state index contributed by atoms with van der Waals surface area (Å²) in [6.45, 7) is 2.07. The van der Waals surface area contributed by atoms with Gasteiger partial charge in [0.2, 0.25) is 0 Å². The second kappa shape index (κ2) is 4.72. The topological polar surface area (TPSA) is 3.24 Å². The van der Waals surface area contributed by atoms with Crippen molar-refractivity contribution >= 4 is 33.0 Å². The Balaban J connectivity index is 0.000000963. The van der Waals surface area contributed by atoms with Crippen molar-refractivity contribution in [2.75, 3.05) is 13.6 Å². The van der Waals surface area contributed by atoms with Gasteiger partial charge in [0.25, 0.3) is 0 Å². The molecule has 2 aromatic rings. The number of hydrogen-bond donors (Lipinski definition) is 0. The van der Waals surface area contributed by atoms with E-state index in [0.29, 0.717) is 0 Å². The van der Waals surface area contributed by atoms with Crippen LogP contribution < -0.4 is 18.9 Å². The van der Waals surface area contributed by atoms with Gasteiger partial charge in [-0.15, -0.1) is 21.7 Å². The van der Waals surface area contributed by atoms with Gasteiger partial charge in [0, 0.05) is 18.1 Å². The van der Waals surface area contributed by atoms with Crippen LogP contribution in [0.15, 0.2) is 12.1 Å². The molecule has 0 saturated heterocycles. The molecule has 78 valence electrons. The van der Waals surface area contributed by atoms with Gasteiger partial charge >= 0.3 is 18.9 Å². The van der Waals surface area contributed by atoms with Crippen LogP contribution in [0.3, 0.4) is 0 Å². The molecule has 2 heterocycles. The summed E-state index contributed by atoms with van der Waals surface area (Å²) in [6.07, 6.45) is 1.05. The predicted molar refractivity (Wildman–Crippen MR) is 65.7 cm³/mol. The van der Waals surface area contributed by atoms with Gasteiger partial charge < -0.3 is 4.90 Å². The van der Waals surface area contributed by atoms with Crippen molar-refractivity contribution in [3.05, 3.63) is 33.7 Å². The SMILES string of the molecule is CN1CCc2c(Cl)ccc3s[c-]c(c23)C1.[Li+]. The van der Waals surface area contributed by atoms with Crippen LogP contribution in [-0.4, -0.2) is 18.5 Å². The third-order valence-corrected chi connectivity index (χ3v) is 4.24. The zero-order valence-corrected chi connectivity index (χ0v) is 11.1. The van der Waals surface area contributed by atoms with Crippen LogP contribution in [0.25, 0.3) is 10.1 Å². The van der Waals surface area contributed by atoms with Crippen LogP contribution >= 0.6 is 22.9 Å². The van der Waals surface area contributed by atoms with Crippen molar-refractivity contribution < 1.29 is 18.9 Å². The van der Waals surface area contributed by atoms with E-state index in [-0.39, 0.29) is 18.9 Å². The summed E-state index contributed by atoms with van der Waals surface area (Å²) in [4.78, 5) is 2.33. The molecule has 1 aliphatic heterocycles. The number of likely N-dealkylation sites (N-methyl/N-ethyl adjacent to an activating group) is 1. The monoisotopic (exact) mass is 243 g/mol. The van der Waals surface area contributed by atoms with Crippen LogP contribution in [0.2, 0.25) is 5.02 Å². The Labute approximate surface area is 117 Å². The molecule has 0 radical (unpaired) electrons. The summed E-state index contributed by atoms with van der Waals surface area (Å²) in [6, 6.07) is 4.12. The number of thiophene rings is 1. The first-order chi connectivity index (χ1) is 7.25. The average Bonchev–Trinajstić information content (AvgIpc) is 2.52. The standard InChI is InChI=1S/C12H11ClNS.Li/c1-14-5-4-9-10(13)2-3-11-12(9)8(6-14)7-15-11;/h2-3H,4-6H2,1H3;/q-1;+1. The molecular weight excluding hydrogens is 233 g/mol. The zero-order valence-electron chi connectivity index (χ0n) is 9.51. The van der Waals surface area contributed by atoms with Gasteiger partial charge in [-0.2, -0.15) is 5.39 Å². The van der Waals surface area contributed by atoms with E-state index in [0.717, 1.165) is 24.5 Å². The first kappa shape index (κ1) is 12.5. The molecule has 1 aromatic carbocycles. The minimum Gasteiger partial charge on any atom is -0.304 e. The van der Waals surface area contributed by atoms with Gasteiger partial charge in [0.15, 0.2) is 0 Å². The normalized spacial score (nSPS) is 15.9. The fraction of sp³-hybridized carbons (Fsp3) is 0.333. The van der Waals surface area contributed by atoms with Crippen LogP contribution in [0.4, 0.5) is 0 Å². The predicted octanol–water partition coefficient (Wildman–Crippen LogP) is 0.347. The molecule has 1 aromatic heterocycles. The first-order valence-corrected chi connectivity index (χ1v) is 6.24. The molecule has 16 heavy (non-hydrogen) atoms. The minimum atomic E-state index is 0. The molecule has 1 aliphatic rings. The number of rotatable bonds is 0. The molecule has 0 N–H and O–H groups in total. The number of halogens is 1. The van der Waals surface area contributed by atoms with Crippen molar-refractivity contribution in [3.8, 4) is 0 Å². The number of nitrogens with zero attached hydrogens (tertiary/aromatic N) is 1. The summed E-state index contributed by atoms with van der Waals surface area (Å²) >= 11 is 7.96. The molecule has 0 saturated carbocycles. The second-order valence-corrected chi connectivity index (χ2v) is 5.32. The van der Waals surface area contributed by atoms with E-state index < -0.39 is 0 Å². The van der Waals surface area contributed by atoms with Gasteiger partial charge in [-0.05, 0) is 13.5 Å². The van der Waals surface area contributed by atoms with Crippen molar-refractivity contribution in [1.82, 2.24) is 4.90 Å². The quantitative estimate of drug-likeness (QED) is 0.477. The zero-order chi connectivity index (χ0) is 10.4. The molecule has 0 unspecified atom stereocenters. The van der Waals surface area contributed by atoms with Crippen molar-refractivity contribution in [3.63, 3.8) is 0 Å². The second-order valence-electron chi connectivity index (χ2n) is 4.07. The maximum absolute atomic E-state index is 6.26. The fourth-order valence-corrected chi connectivity index (χ4v) is 3.33. The van der Waals surface area contributed by atoms with E-state index in [4.69, 9.17) is 11.6 Å². The summed E-state index contributed by atoms with van der Waals surface area (Å²) in [5.74, 6) is 0. The molecule has 0 fully saturated rings. The van der Waals surface area contributed by atoms with Crippen LogP contribution in [-0.2, 0) is 13.0 Å². The Morgan fingerprint density at radius 2 is 2.25 bits per heavy atom. The van der Waals surface area contributed by atoms with E-state index in [9.17, 15) is 0 Å². The Bertz CT molecular complexity index is 523. The number of hydrogen-bond acceptors (Lipinski definition) is 2. The largest absolute Gasteiger partial charge is 1.00 e. The Morgan fingerprint density at radius 1 is 1.44 bits per heavy atom. The van der Waals surface area contributed by atoms with Gasteiger partial charge in [0.1, 0.15) is 0 Å². The molecule has 0 aliphatic carbocycles. The first-order valence-electron chi connectivity index (χ1n) is 5.04. The van der Waals surface area contributed by atoms with E-state index in [1.54, 1.807) is 11.3 Å². The van der Waals surface area contributed by atoms with Gasteiger partial charge in [-0.25, -0.2) is 0 Å². The third kappa shape index (κ3) is 1.94. The molecular formula is C12H11ClLiNS. The summed E-state index contributed by atoms with van der Waals surface area (Å²) < 4.78 is 1.32. The summed E-state index contributed by atoms with van der Waals surface area (Å²) in [5.41, 5.74) is 2.62. The summed E-state index contributed by atoms with van der Waals surface area (Å²) in [7, 11) is 2.15. The Hall–Kier alpha value is 0.0274. The fourth-order valence-electron chi connectivity index (χ4n) is 2.19. The third-order valence-electron chi connectivity index (χ3n) is 2.98. The van der Waals surface area contributed by atoms with Gasteiger partial charge in [0.05, 0.1) is 0 Å². The van der Waals surface area contributed by atoms with Crippen molar-refractivity contribution in [1.29, 1.82) is 0 Å². The minimum absolute atomic E-state index is 0. The smallest absolute Gasteiger partial charge is 0.304 e. The van der Waals surface area contributed by atoms with E-state index >= 15 is 0 Å². The maximum atomic E-state index is 6.26. The average molecular weight is 244 g/mol. The molecule has 4 heteroatoms. The molecule has 1 nitrogen and oxygen atoms in total. The van der Waals surface area contributed by atoms with E-state index in [1.165, 1.54) is 21.2 Å². The maximum Gasteiger partial charge on any atom is 1.00 e. The van der Waals surface area contributed by atoms with Crippen LogP contribution in [0, 0.1) is 5.38 Å². The Kier molecular flexibility index (Phi) is 3.68. The molecule has 0 bridgehead atoms. The van der Waals surface area contributed by atoms with Crippen molar-refractivity contribution in [2.24, 2.45) is 0 Å². The van der Waals surface area contributed by atoms with Gasteiger partial charge in [-0.1, -0.05) is 23.2 Å². The van der Waals surface area contributed by atoms with E-state index in [1.807, 2.05) is 6.07 Å². The summed E-state index contributed by atoms with van der Waals surface area (Å²) in [5, 5.41) is 5.66. The molecule has 3 rings (SSSR count). The van der Waals surface area contributed by atoms with E-state index in [2.05, 4.69) is 23.4 Å². The molecule has 0 spiro atoms. The van der Waals surface area contributed by atoms with Gasteiger partial charge in [-0.3, -0.25) is 11.3 Å².